The predicted molar refractivity (Wildman–Crippen MR) is 126 cm³/mol. The molecular formula is C25H25N3O6. The van der Waals surface area contributed by atoms with Crippen LogP contribution in [0.5, 0.6) is 11.5 Å². The maximum absolute atomic E-state index is 12.0. The minimum atomic E-state index is -0.596. The van der Waals surface area contributed by atoms with E-state index in [4.69, 9.17) is 20.1 Å². The lowest BCUT2D eigenvalue weighted by molar-refractivity contribution is -0.139. The van der Waals surface area contributed by atoms with E-state index in [0.717, 1.165) is 22.9 Å². The Morgan fingerprint density at radius 2 is 1.53 bits per heavy atom. The Labute approximate surface area is 196 Å². The summed E-state index contributed by atoms with van der Waals surface area (Å²) in [5.41, 5.74) is 6.00. The summed E-state index contributed by atoms with van der Waals surface area (Å²) in [6, 6.07) is 10.6. The molecule has 1 unspecified atom stereocenters. The first-order valence-corrected chi connectivity index (χ1v) is 10.4. The highest BCUT2D eigenvalue weighted by atomic mass is 16.5. The highest BCUT2D eigenvalue weighted by Crippen LogP contribution is 2.34. The van der Waals surface area contributed by atoms with Crippen LogP contribution in [0, 0.1) is 0 Å². The molecule has 0 heterocycles. The number of esters is 3. The smallest absolute Gasteiger partial charge is 0.351 e. The van der Waals surface area contributed by atoms with E-state index in [2.05, 4.69) is 18.3 Å². The van der Waals surface area contributed by atoms with Gasteiger partial charge in [0.25, 0.3) is 0 Å². The van der Waals surface area contributed by atoms with Crippen molar-refractivity contribution in [3.63, 3.8) is 0 Å². The molecule has 9 nitrogen and oxygen atoms in total. The first-order chi connectivity index (χ1) is 16.2. The van der Waals surface area contributed by atoms with Gasteiger partial charge >= 0.3 is 17.9 Å². The fourth-order valence-corrected chi connectivity index (χ4v) is 3.37. The molecule has 176 valence electrons. The van der Waals surface area contributed by atoms with Gasteiger partial charge in [-0.1, -0.05) is 31.4 Å². The lowest BCUT2D eigenvalue weighted by atomic mass is 10.00. The topological polar surface area (TPSA) is 129 Å². The van der Waals surface area contributed by atoms with Crippen LogP contribution in [-0.4, -0.2) is 30.2 Å². The number of carbonyl (C=O) groups is 3. The van der Waals surface area contributed by atoms with Gasteiger partial charge in [-0.25, -0.2) is 25.8 Å². The number of nitrogens with two attached hydrogens (primary N) is 1. The Morgan fingerprint density at radius 1 is 0.941 bits per heavy atom. The van der Waals surface area contributed by atoms with E-state index < -0.39 is 17.9 Å². The summed E-state index contributed by atoms with van der Waals surface area (Å²) in [7, 11) is 0. The van der Waals surface area contributed by atoms with Gasteiger partial charge in [0.1, 0.15) is 23.8 Å². The number of fused-ring (bicyclic) bond motifs is 1. The van der Waals surface area contributed by atoms with Crippen molar-refractivity contribution >= 4 is 24.1 Å². The van der Waals surface area contributed by atoms with Gasteiger partial charge in [0.15, 0.2) is 0 Å². The molecule has 0 aromatic heterocycles. The normalized spacial score (nSPS) is 14.3. The van der Waals surface area contributed by atoms with Crippen LogP contribution in [0.1, 0.15) is 25.0 Å². The van der Waals surface area contributed by atoms with Crippen molar-refractivity contribution in [2.75, 3.05) is 0 Å². The molecule has 0 spiro atoms. The van der Waals surface area contributed by atoms with Gasteiger partial charge in [0, 0.05) is 30.1 Å². The van der Waals surface area contributed by atoms with E-state index in [1.165, 1.54) is 19.9 Å². The molecule has 0 amide bonds. The first kappa shape index (κ1) is 24.4. The molecule has 0 radical (unpaired) electrons. The van der Waals surface area contributed by atoms with Crippen molar-refractivity contribution in [1.82, 2.24) is 5.53 Å². The monoisotopic (exact) mass is 463 g/mol. The molecule has 0 saturated carbocycles. The molecule has 0 fully saturated rings. The molecule has 0 aliphatic heterocycles. The van der Waals surface area contributed by atoms with Crippen molar-refractivity contribution < 1.29 is 28.6 Å². The number of hydrogen-bond acceptors (Lipinski definition) is 9. The van der Waals surface area contributed by atoms with Crippen molar-refractivity contribution in [2.24, 2.45) is 10.9 Å². The van der Waals surface area contributed by atoms with Crippen LogP contribution >= 0.6 is 0 Å². The van der Waals surface area contributed by atoms with Crippen LogP contribution < -0.4 is 20.9 Å². The Morgan fingerprint density at radius 3 is 2.09 bits per heavy atom. The van der Waals surface area contributed by atoms with Crippen molar-refractivity contribution in [1.29, 1.82) is 0 Å². The Bertz CT molecular complexity index is 1150. The number of rotatable bonds is 8. The standard InChI is InChI=1S/C25H25N3O6/c1-14(2)24(30)33-21-10-19(11-22(12-21)34-25(31)15(3)4)16-5-6-17-8-20(9-18(17)7-16)32-23(29)13-27-28-26/h5-7,10-13,20,28H,1,3,8-9,26H2,2,4H3/b27-13+. The Hall–Kier alpha value is -4.24. The zero-order chi connectivity index (χ0) is 24.8. The maximum atomic E-state index is 12.0. The number of hydrazone groups is 1. The zero-order valence-corrected chi connectivity index (χ0v) is 18.9. The minimum Gasteiger partial charge on any atom is -0.457 e. The van der Waals surface area contributed by atoms with E-state index in [1.54, 1.807) is 12.1 Å². The van der Waals surface area contributed by atoms with Crippen LogP contribution in [0.3, 0.4) is 0 Å². The molecule has 0 bridgehead atoms. The van der Waals surface area contributed by atoms with E-state index in [0.29, 0.717) is 18.4 Å². The van der Waals surface area contributed by atoms with Gasteiger partial charge in [-0.15, -0.1) is 0 Å². The number of nitrogens with one attached hydrogen (secondary N) is 1. The van der Waals surface area contributed by atoms with Gasteiger partial charge in [-0.2, -0.15) is 5.10 Å². The second-order valence-electron chi connectivity index (χ2n) is 7.87. The van der Waals surface area contributed by atoms with E-state index in [9.17, 15) is 14.4 Å². The van der Waals surface area contributed by atoms with Crippen LogP contribution in [0.25, 0.3) is 11.1 Å². The molecule has 3 N–H and O–H groups in total. The SMILES string of the molecule is C=C(C)C(=O)Oc1cc(OC(=O)C(=C)C)cc(-c2ccc3c(c2)CC(OC(=O)/C=N/NN)C3)c1. The van der Waals surface area contributed by atoms with Crippen LogP contribution in [0.4, 0.5) is 0 Å². The van der Waals surface area contributed by atoms with Gasteiger partial charge in [0.2, 0.25) is 0 Å². The number of benzene rings is 2. The van der Waals surface area contributed by atoms with Gasteiger partial charge in [-0.05, 0) is 48.2 Å². The lowest BCUT2D eigenvalue weighted by Crippen LogP contribution is -2.21. The highest BCUT2D eigenvalue weighted by molar-refractivity contribution is 6.23. The van der Waals surface area contributed by atoms with Crippen LogP contribution in [-0.2, 0) is 32.0 Å². The molecule has 0 saturated heterocycles. The molecule has 9 heteroatoms. The summed E-state index contributed by atoms with van der Waals surface area (Å²) in [5.74, 6) is 3.63. The third kappa shape index (κ3) is 6.17. The van der Waals surface area contributed by atoms with E-state index in [-0.39, 0.29) is 28.7 Å². The third-order valence-corrected chi connectivity index (χ3v) is 4.96. The molecule has 1 aliphatic carbocycles. The van der Waals surface area contributed by atoms with Gasteiger partial charge in [-0.3, -0.25) is 0 Å². The number of hydrogen-bond donors (Lipinski definition) is 2. The fraction of sp³-hybridized carbons (Fsp3) is 0.200. The van der Waals surface area contributed by atoms with E-state index >= 15 is 0 Å². The molecule has 1 atom stereocenters. The summed E-state index contributed by atoms with van der Waals surface area (Å²) >= 11 is 0. The van der Waals surface area contributed by atoms with Crippen molar-refractivity contribution in [3.05, 3.63) is 71.8 Å². The number of ether oxygens (including phenoxy) is 3. The number of nitrogens with zero attached hydrogens (tertiary/aromatic N) is 1. The first-order valence-electron chi connectivity index (χ1n) is 10.4. The summed E-state index contributed by atoms with van der Waals surface area (Å²) in [6.45, 7) is 10.2. The third-order valence-electron chi connectivity index (χ3n) is 4.96. The molecule has 2 aromatic carbocycles. The second-order valence-corrected chi connectivity index (χ2v) is 7.87. The average Bonchev–Trinajstić information content (AvgIpc) is 3.18. The Kier molecular flexibility index (Phi) is 7.60. The lowest BCUT2D eigenvalue weighted by Gasteiger charge is -2.12. The van der Waals surface area contributed by atoms with Crippen LogP contribution in [0.15, 0.2) is 65.8 Å². The molecule has 2 aromatic rings. The quantitative estimate of drug-likeness (QED) is 0.153. The highest BCUT2D eigenvalue weighted by Gasteiger charge is 2.25. The summed E-state index contributed by atoms with van der Waals surface area (Å²) < 4.78 is 16.1. The minimum absolute atomic E-state index is 0.204. The largest absolute Gasteiger partial charge is 0.457 e. The summed E-state index contributed by atoms with van der Waals surface area (Å²) in [6.07, 6.45) is 1.75. The van der Waals surface area contributed by atoms with E-state index in [1.807, 2.05) is 23.7 Å². The predicted octanol–water partition coefficient (Wildman–Crippen LogP) is 2.78. The number of carbonyl (C=O) groups excluding carboxylic acids is 3. The fourth-order valence-electron chi connectivity index (χ4n) is 3.37. The summed E-state index contributed by atoms with van der Waals surface area (Å²) in [5, 5.41) is 3.44. The average molecular weight is 463 g/mol. The van der Waals surface area contributed by atoms with Gasteiger partial charge < -0.3 is 14.2 Å². The molecule has 34 heavy (non-hydrogen) atoms. The molecule has 3 rings (SSSR count). The van der Waals surface area contributed by atoms with Gasteiger partial charge in [0.05, 0.1) is 0 Å². The second kappa shape index (κ2) is 10.6. The zero-order valence-electron chi connectivity index (χ0n) is 18.9. The number of hydrazine groups is 1. The van der Waals surface area contributed by atoms with Crippen molar-refractivity contribution in [2.45, 2.75) is 32.8 Å². The summed E-state index contributed by atoms with van der Waals surface area (Å²) in [4.78, 5) is 35.9. The Balaban J connectivity index is 1.88. The molecule has 1 aliphatic rings. The molecular weight excluding hydrogens is 438 g/mol. The maximum Gasteiger partial charge on any atom is 0.351 e. The van der Waals surface area contributed by atoms with Crippen molar-refractivity contribution in [3.8, 4) is 22.6 Å². The van der Waals surface area contributed by atoms with Crippen LogP contribution in [0.2, 0.25) is 0 Å².